The molecule has 0 saturated carbocycles. The first kappa shape index (κ1) is 17.5. The van der Waals surface area contributed by atoms with Crippen molar-refractivity contribution in [3.05, 3.63) is 47.3 Å². The van der Waals surface area contributed by atoms with Gasteiger partial charge in [-0.1, -0.05) is 0 Å². The molecule has 0 aliphatic carbocycles. The van der Waals surface area contributed by atoms with Gasteiger partial charge in [-0.15, -0.1) is 0 Å². The van der Waals surface area contributed by atoms with Gasteiger partial charge in [0, 0.05) is 30.8 Å². The number of hydrogen-bond acceptors (Lipinski definition) is 6. The first-order valence-electron chi connectivity index (χ1n) is 8.95. The zero-order valence-corrected chi connectivity index (χ0v) is 15.3. The van der Waals surface area contributed by atoms with Crippen LogP contribution in [-0.4, -0.2) is 45.0 Å². The fraction of sp³-hybridized carbons (Fsp3) is 0.350. The fourth-order valence-corrected chi connectivity index (χ4v) is 3.40. The van der Waals surface area contributed by atoms with E-state index < -0.39 is 0 Å². The lowest BCUT2D eigenvalue weighted by Crippen LogP contribution is -2.16. The standard InChI is InChI=1S/C20H21N3O4/c1-12-18(20(25)23(2)22-12)19(24)13-5-6-16-15(10-13)17(7-8-21-16)27-11-14-4-3-9-26-14/h5-8,10,14,25H,3-4,9,11H2,1-2H3. The molecule has 4 rings (SSSR count). The first-order valence-corrected chi connectivity index (χ1v) is 8.95. The molecule has 1 atom stereocenters. The van der Waals surface area contributed by atoms with Gasteiger partial charge in [-0.3, -0.25) is 9.78 Å². The molecule has 1 N–H and O–H groups in total. The second-order valence-electron chi connectivity index (χ2n) is 6.72. The summed E-state index contributed by atoms with van der Waals surface area (Å²) in [7, 11) is 1.60. The van der Waals surface area contributed by atoms with Gasteiger partial charge >= 0.3 is 0 Å². The van der Waals surface area contributed by atoms with E-state index in [1.807, 2.05) is 0 Å². The van der Waals surface area contributed by atoms with E-state index in [1.54, 1.807) is 44.4 Å². The Labute approximate surface area is 156 Å². The average molecular weight is 367 g/mol. The minimum Gasteiger partial charge on any atom is -0.493 e. The molecule has 0 radical (unpaired) electrons. The smallest absolute Gasteiger partial charge is 0.220 e. The number of benzene rings is 1. The normalized spacial score (nSPS) is 16.7. The van der Waals surface area contributed by atoms with Gasteiger partial charge in [0.05, 0.1) is 17.3 Å². The van der Waals surface area contributed by atoms with Crippen LogP contribution in [0.3, 0.4) is 0 Å². The molecule has 27 heavy (non-hydrogen) atoms. The van der Waals surface area contributed by atoms with Crippen molar-refractivity contribution in [2.45, 2.75) is 25.9 Å². The van der Waals surface area contributed by atoms with Crippen LogP contribution in [0, 0.1) is 6.92 Å². The van der Waals surface area contributed by atoms with Crippen molar-refractivity contribution >= 4 is 16.7 Å². The number of carbonyl (C=O) groups excluding carboxylic acids is 1. The second kappa shape index (κ2) is 7.00. The summed E-state index contributed by atoms with van der Waals surface area (Å²) < 4.78 is 12.8. The second-order valence-corrected chi connectivity index (χ2v) is 6.72. The van der Waals surface area contributed by atoms with Crippen molar-refractivity contribution in [2.24, 2.45) is 7.05 Å². The first-order chi connectivity index (χ1) is 13.0. The number of aromatic nitrogens is 3. The van der Waals surface area contributed by atoms with Crippen LogP contribution in [0.5, 0.6) is 11.6 Å². The highest BCUT2D eigenvalue weighted by Crippen LogP contribution is 2.29. The van der Waals surface area contributed by atoms with Crippen LogP contribution in [0.15, 0.2) is 30.5 Å². The number of aryl methyl sites for hydroxylation is 2. The number of ketones is 1. The number of nitrogens with zero attached hydrogens (tertiary/aromatic N) is 3. The van der Waals surface area contributed by atoms with Crippen molar-refractivity contribution in [3.63, 3.8) is 0 Å². The summed E-state index contributed by atoms with van der Waals surface area (Å²) in [5.41, 5.74) is 1.89. The van der Waals surface area contributed by atoms with Crippen LogP contribution < -0.4 is 4.74 Å². The molecule has 1 saturated heterocycles. The average Bonchev–Trinajstić information content (AvgIpc) is 3.27. The Balaban J connectivity index is 1.68. The van der Waals surface area contributed by atoms with E-state index >= 15 is 0 Å². The Hall–Kier alpha value is -2.93. The predicted molar refractivity (Wildman–Crippen MR) is 99.3 cm³/mol. The van der Waals surface area contributed by atoms with Crippen LogP contribution >= 0.6 is 0 Å². The van der Waals surface area contributed by atoms with Gasteiger partial charge in [-0.25, -0.2) is 4.68 Å². The minimum absolute atomic E-state index is 0.105. The zero-order valence-electron chi connectivity index (χ0n) is 15.3. The molecule has 1 aliphatic rings. The molecule has 1 aliphatic heterocycles. The lowest BCUT2D eigenvalue weighted by molar-refractivity contribution is 0.0684. The van der Waals surface area contributed by atoms with Crippen molar-refractivity contribution in [1.82, 2.24) is 14.8 Å². The molecule has 1 unspecified atom stereocenters. The van der Waals surface area contributed by atoms with Crippen LogP contribution in [-0.2, 0) is 11.8 Å². The van der Waals surface area contributed by atoms with Crippen LogP contribution in [0.25, 0.3) is 10.9 Å². The van der Waals surface area contributed by atoms with Crippen LogP contribution in [0.2, 0.25) is 0 Å². The monoisotopic (exact) mass is 367 g/mol. The molecule has 1 fully saturated rings. The van der Waals surface area contributed by atoms with Crippen LogP contribution in [0.1, 0.15) is 34.5 Å². The number of fused-ring (bicyclic) bond motifs is 1. The summed E-state index contributed by atoms with van der Waals surface area (Å²) in [6, 6.07) is 7.03. The molecule has 3 aromatic rings. The molecule has 0 bridgehead atoms. The minimum atomic E-state index is -0.283. The SMILES string of the molecule is Cc1nn(C)c(O)c1C(=O)c1ccc2nccc(OCC3CCCO3)c2c1. The van der Waals surface area contributed by atoms with E-state index in [9.17, 15) is 9.90 Å². The highest BCUT2D eigenvalue weighted by atomic mass is 16.5. The zero-order chi connectivity index (χ0) is 19.0. The van der Waals surface area contributed by atoms with E-state index in [0.29, 0.717) is 23.6 Å². The van der Waals surface area contributed by atoms with Gasteiger partial charge in [-0.2, -0.15) is 5.10 Å². The van der Waals surface area contributed by atoms with Gasteiger partial charge in [-0.05, 0) is 44.0 Å². The summed E-state index contributed by atoms with van der Waals surface area (Å²) in [6.45, 7) is 2.95. The van der Waals surface area contributed by atoms with E-state index in [1.165, 1.54) is 4.68 Å². The highest BCUT2D eigenvalue weighted by Gasteiger charge is 2.22. The molecule has 140 valence electrons. The quantitative estimate of drug-likeness (QED) is 0.698. The molecule has 7 nitrogen and oxygen atoms in total. The lowest BCUT2D eigenvalue weighted by atomic mass is 10.0. The molecule has 0 spiro atoms. The van der Waals surface area contributed by atoms with Gasteiger partial charge < -0.3 is 14.6 Å². The van der Waals surface area contributed by atoms with E-state index in [-0.39, 0.29) is 23.3 Å². The number of hydrogen-bond donors (Lipinski definition) is 1. The lowest BCUT2D eigenvalue weighted by Gasteiger charge is -2.13. The summed E-state index contributed by atoms with van der Waals surface area (Å²) in [6.07, 6.45) is 3.84. The van der Waals surface area contributed by atoms with E-state index in [2.05, 4.69) is 10.1 Å². The third-order valence-electron chi connectivity index (χ3n) is 4.83. The Morgan fingerprint density at radius 3 is 2.96 bits per heavy atom. The van der Waals surface area contributed by atoms with Crippen molar-refractivity contribution in [2.75, 3.05) is 13.2 Å². The molecular weight excluding hydrogens is 346 g/mol. The fourth-order valence-electron chi connectivity index (χ4n) is 3.40. The van der Waals surface area contributed by atoms with E-state index in [0.717, 1.165) is 30.4 Å². The number of pyridine rings is 1. The molecule has 0 amide bonds. The summed E-state index contributed by atoms with van der Waals surface area (Å²) in [5.74, 6) is 0.241. The van der Waals surface area contributed by atoms with Gasteiger partial charge in [0.25, 0.3) is 0 Å². The number of aromatic hydroxyl groups is 1. The highest BCUT2D eigenvalue weighted by molar-refractivity contribution is 6.12. The Morgan fingerprint density at radius 1 is 1.41 bits per heavy atom. The van der Waals surface area contributed by atoms with Crippen molar-refractivity contribution < 1.29 is 19.4 Å². The largest absolute Gasteiger partial charge is 0.493 e. The predicted octanol–water partition coefficient (Wildman–Crippen LogP) is 2.77. The number of rotatable bonds is 5. The third-order valence-corrected chi connectivity index (χ3v) is 4.83. The maximum Gasteiger partial charge on any atom is 0.220 e. The number of carbonyl (C=O) groups is 1. The Kier molecular flexibility index (Phi) is 4.53. The molecule has 1 aromatic carbocycles. The number of ether oxygens (including phenoxy) is 2. The van der Waals surface area contributed by atoms with Gasteiger partial charge in [0.1, 0.15) is 17.9 Å². The molecule has 2 aromatic heterocycles. The summed E-state index contributed by atoms with van der Waals surface area (Å²) in [4.78, 5) is 17.3. The summed E-state index contributed by atoms with van der Waals surface area (Å²) >= 11 is 0. The van der Waals surface area contributed by atoms with E-state index in [4.69, 9.17) is 9.47 Å². The van der Waals surface area contributed by atoms with Crippen molar-refractivity contribution in [3.8, 4) is 11.6 Å². The molecule has 3 heterocycles. The summed E-state index contributed by atoms with van der Waals surface area (Å²) in [5, 5.41) is 15.0. The Morgan fingerprint density at radius 2 is 2.26 bits per heavy atom. The third kappa shape index (κ3) is 3.26. The van der Waals surface area contributed by atoms with Gasteiger partial charge in [0.15, 0.2) is 5.78 Å². The topological polar surface area (TPSA) is 86.5 Å². The molecular formula is C20H21N3O4. The Bertz CT molecular complexity index is 1010. The maximum atomic E-state index is 12.9. The van der Waals surface area contributed by atoms with Gasteiger partial charge in [0.2, 0.25) is 5.88 Å². The van der Waals surface area contributed by atoms with Crippen LogP contribution in [0.4, 0.5) is 0 Å². The maximum absolute atomic E-state index is 12.9. The van der Waals surface area contributed by atoms with Crippen molar-refractivity contribution in [1.29, 1.82) is 0 Å². The molecule has 7 heteroatoms.